The minimum absolute atomic E-state index is 0.0825. The van der Waals surface area contributed by atoms with Crippen LogP contribution in [0.15, 0.2) is 78.5 Å². The number of aryl methyl sites for hydroxylation is 1. The Morgan fingerprint density at radius 1 is 1.07 bits per heavy atom. The fraction of sp³-hybridized carbons (Fsp3) is 0.143. The quantitative estimate of drug-likeness (QED) is 0.475. The summed E-state index contributed by atoms with van der Waals surface area (Å²) in [4.78, 5) is 16.7. The number of hydrogen-bond acceptors (Lipinski definition) is 5. The van der Waals surface area contributed by atoms with Crippen LogP contribution in [0, 0.1) is 0 Å². The molecule has 4 aromatic rings. The third-order valence-electron chi connectivity index (χ3n) is 4.36. The molecule has 3 heterocycles. The summed E-state index contributed by atoms with van der Waals surface area (Å²) in [7, 11) is 0. The highest BCUT2D eigenvalue weighted by Gasteiger charge is 2.17. The van der Waals surface area contributed by atoms with E-state index in [-0.39, 0.29) is 11.7 Å². The molecule has 4 rings (SSSR count). The lowest BCUT2D eigenvalue weighted by Crippen LogP contribution is -2.16. The number of benzene rings is 1. The number of para-hydroxylation sites is 1. The zero-order valence-corrected chi connectivity index (χ0v) is 16.7. The monoisotopic (exact) mass is 404 g/mol. The van der Waals surface area contributed by atoms with Gasteiger partial charge in [-0.2, -0.15) is 0 Å². The van der Waals surface area contributed by atoms with Crippen molar-refractivity contribution in [3.8, 4) is 11.4 Å². The number of pyridine rings is 1. The lowest BCUT2D eigenvalue weighted by atomic mass is 10.1. The van der Waals surface area contributed by atoms with Gasteiger partial charge in [0.25, 0.3) is 0 Å². The molecule has 0 aliphatic rings. The zero-order valence-electron chi connectivity index (χ0n) is 15.9. The number of amides is 1. The van der Waals surface area contributed by atoms with E-state index >= 15 is 0 Å². The number of thioether (sulfide) groups is 1. The second kappa shape index (κ2) is 8.74. The largest absolute Gasteiger partial charge is 0.325 e. The zero-order chi connectivity index (χ0) is 20.1. The molecule has 0 aliphatic carbocycles. The van der Waals surface area contributed by atoms with Crippen molar-refractivity contribution in [3.05, 3.63) is 78.9 Å². The van der Waals surface area contributed by atoms with Crippen molar-refractivity contribution in [2.75, 3.05) is 11.1 Å². The first kappa shape index (κ1) is 18.9. The minimum atomic E-state index is -0.0825. The number of nitrogens with zero attached hydrogens (tertiary/aromatic N) is 5. The van der Waals surface area contributed by atoms with Crippen LogP contribution in [-0.2, 0) is 11.2 Å². The molecule has 0 saturated heterocycles. The molecule has 3 aromatic heterocycles. The van der Waals surface area contributed by atoms with Crippen molar-refractivity contribution < 1.29 is 4.79 Å². The van der Waals surface area contributed by atoms with E-state index in [0.717, 1.165) is 23.2 Å². The van der Waals surface area contributed by atoms with Crippen molar-refractivity contribution in [3.63, 3.8) is 0 Å². The van der Waals surface area contributed by atoms with Crippen molar-refractivity contribution in [1.82, 2.24) is 24.5 Å². The predicted octanol–water partition coefficient (Wildman–Crippen LogP) is 3.75. The van der Waals surface area contributed by atoms with E-state index in [0.29, 0.717) is 11.0 Å². The molecule has 0 saturated carbocycles. The van der Waals surface area contributed by atoms with Gasteiger partial charge in [0.05, 0.1) is 5.75 Å². The van der Waals surface area contributed by atoms with Gasteiger partial charge < -0.3 is 5.32 Å². The Labute approximate surface area is 172 Å². The molecule has 1 amide bonds. The Bertz CT molecular complexity index is 1090. The summed E-state index contributed by atoms with van der Waals surface area (Å²) < 4.78 is 3.75. The predicted molar refractivity (Wildman–Crippen MR) is 114 cm³/mol. The molecule has 0 bridgehead atoms. The lowest BCUT2D eigenvalue weighted by Gasteiger charge is -2.12. The molecule has 8 heteroatoms. The van der Waals surface area contributed by atoms with Gasteiger partial charge in [0.1, 0.15) is 0 Å². The summed E-state index contributed by atoms with van der Waals surface area (Å²) >= 11 is 1.34. The topological polar surface area (TPSA) is 77.6 Å². The smallest absolute Gasteiger partial charge is 0.234 e. The van der Waals surface area contributed by atoms with Crippen LogP contribution in [0.1, 0.15) is 12.5 Å². The maximum Gasteiger partial charge on any atom is 0.234 e. The number of anilines is 1. The Kier molecular flexibility index (Phi) is 5.71. The molecule has 29 heavy (non-hydrogen) atoms. The number of hydrogen-bond donors (Lipinski definition) is 1. The maximum absolute atomic E-state index is 12.5. The third-order valence-corrected chi connectivity index (χ3v) is 5.28. The fourth-order valence-electron chi connectivity index (χ4n) is 2.96. The van der Waals surface area contributed by atoms with Gasteiger partial charge in [-0.15, -0.1) is 10.2 Å². The van der Waals surface area contributed by atoms with Gasteiger partial charge in [0.2, 0.25) is 11.1 Å². The molecule has 1 aromatic carbocycles. The Morgan fingerprint density at radius 3 is 2.66 bits per heavy atom. The van der Waals surface area contributed by atoms with Gasteiger partial charge in [-0.05, 0) is 42.3 Å². The first-order chi connectivity index (χ1) is 14.3. The highest BCUT2D eigenvalue weighted by molar-refractivity contribution is 7.99. The Morgan fingerprint density at radius 2 is 1.90 bits per heavy atom. The third kappa shape index (κ3) is 4.22. The summed E-state index contributed by atoms with van der Waals surface area (Å²) in [6.45, 7) is 2.07. The van der Waals surface area contributed by atoms with Crippen LogP contribution < -0.4 is 5.32 Å². The van der Waals surface area contributed by atoms with Crippen LogP contribution in [0.25, 0.3) is 11.4 Å². The van der Waals surface area contributed by atoms with E-state index in [1.807, 2.05) is 70.3 Å². The van der Waals surface area contributed by atoms with Crippen molar-refractivity contribution in [2.24, 2.45) is 0 Å². The molecule has 7 nitrogen and oxygen atoms in total. The average molecular weight is 404 g/mol. The second-order valence-electron chi connectivity index (χ2n) is 6.27. The number of aromatic nitrogens is 5. The number of carbonyl (C=O) groups is 1. The molecule has 146 valence electrons. The van der Waals surface area contributed by atoms with Crippen LogP contribution in [0.3, 0.4) is 0 Å². The standard InChI is InChI=1S/C21H20N6OS/c1-2-16-8-3-4-10-18(16)23-19(28)15-29-21-25-24-20(17-9-7-11-22-14-17)27(21)26-12-5-6-13-26/h3-14H,2,15H2,1H3,(H,23,28). The van der Waals surface area contributed by atoms with Crippen LogP contribution in [-0.4, -0.2) is 36.2 Å². The van der Waals surface area contributed by atoms with Gasteiger partial charge in [-0.3, -0.25) is 14.5 Å². The number of carbonyl (C=O) groups excluding carboxylic acids is 1. The van der Waals surface area contributed by atoms with E-state index in [4.69, 9.17) is 0 Å². The first-order valence-electron chi connectivity index (χ1n) is 9.26. The van der Waals surface area contributed by atoms with Gasteiger partial charge >= 0.3 is 0 Å². The van der Waals surface area contributed by atoms with E-state index < -0.39 is 0 Å². The van der Waals surface area contributed by atoms with Crippen molar-refractivity contribution >= 4 is 23.4 Å². The molecule has 0 fully saturated rings. The number of rotatable bonds is 7. The van der Waals surface area contributed by atoms with Crippen molar-refractivity contribution in [1.29, 1.82) is 0 Å². The van der Waals surface area contributed by atoms with Crippen LogP contribution >= 0.6 is 11.8 Å². The maximum atomic E-state index is 12.5. The highest BCUT2D eigenvalue weighted by atomic mass is 32.2. The summed E-state index contributed by atoms with van der Waals surface area (Å²) in [5, 5.41) is 12.3. The van der Waals surface area contributed by atoms with Gasteiger partial charge in [-0.25, -0.2) is 4.68 Å². The van der Waals surface area contributed by atoms with Crippen LogP contribution in [0.2, 0.25) is 0 Å². The Balaban J connectivity index is 1.55. The fourth-order valence-corrected chi connectivity index (χ4v) is 3.70. The minimum Gasteiger partial charge on any atom is -0.325 e. The molecule has 0 aliphatic heterocycles. The van der Waals surface area contributed by atoms with Gasteiger partial charge in [0.15, 0.2) is 5.82 Å². The molecule has 0 radical (unpaired) electrons. The average Bonchev–Trinajstić information content (AvgIpc) is 3.43. The molecule has 0 spiro atoms. The second-order valence-corrected chi connectivity index (χ2v) is 7.21. The molecular formula is C21H20N6OS. The highest BCUT2D eigenvalue weighted by Crippen LogP contribution is 2.24. The summed E-state index contributed by atoms with van der Waals surface area (Å²) in [5.41, 5.74) is 2.81. The summed E-state index contributed by atoms with van der Waals surface area (Å²) in [6.07, 6.45) is 8.14. The molecular weight excluding hydrogens is 384 g/mol. The van der Waals surface area contributed by atoms with E-state index in [9.17, 15) is 4.79 Å². The van der Waals surface area contributed by atoms with Gasteiger partial charge in [-0.1, -0.05) is 36.9 Å². The first-order valence-corrected chi connectivity index (χ1v) is 10.2. The van der Waals surface area contributed by atoms with E-state index in [1.54, 1.807) is 12.4 Å². The van der Waals surface area contributed by atoms with E-state index in [1.165, 1.54) is 11.8 Å². The van der Waals surface area contributed by atoms with E-state index in [2.05, 4.69) is 27.4 Å². The molecule has 1 N–H and O–H groups in total. The van der Waals surface area contributed by atoms with Crippen LogP contribution in [0.5, 0.6) is 0 Å². The van der Waals surface area contributed by atoms with Crippen LogP contribution in [0.4, 0.5) is 5.69 Å². The summed E-state index contributed by atoms with van der Waals surface area (Å²) in [6, 6.07) is 15.5. The van der Waals surface area contributed by atoms with Crippen molar-refractivity contribution in [2.45, 2.75) is 18.5 Å². The molecule has 0 unspecified atom stereocenters. The lowest BCUT2D eigenvalue weighted by molar-refractivity contribution is -0.113. The Hall–Kier alpha value is -3.39. The SMILES string of the molecule is CCc1ccccc1NC(=O)CSc1nnc(-c2cccnc2)n1-n1cccc1. The molecule has 0 atom stereocenters. The number of nitrogens with one attached hydrogen (secondary N) is 1. The van der Waals surface area contributed by atoms with Gasteiger partial charge in [0, 0.05) is 36.0 Å². The normalized spacial score (nSPS) is 10.8. The summed E-state index contributed by atoms with van der Waals surface area (Å²) in [5.74, 6) is 0.805.